The second-order valence-corrected chi connectivity index (χ2v) is 9.82. The summed E-state index contributed by atoms with van der Waals surface area (Å²) in [5.74, 6) is -0.228. The van der Waals surface area contributed by atoms with Gasteiger partial charge in [-0.25, -0.2) is 14.5 Å². The summed E-state index contributed by atoms with van der Waals surface area (Å²) in [5, 5.41) is 12.0. The van der Waals surface area contributed by atoms with E-state index in [1.165, 1.54) is 33.2 Å². The first kappa shape index (κ1) is 26.8. The zero-order valence-corrected chi connectivity index (χ0v) is 22.7. The summed E-state index contributed by atoms with van der Waals surface area (Å²) >= 11 is 1.53. The van der Waals surface area contributed by atoms with Crippen LogP contribution in [0.25, 0.3) is 0 Å². The van der Waals surface area contributed by atoms with E-state index >= 15 is 0 Å². The van der Waals surface area contributed by atoms with Gasteiger partial charge in [-0.05, 0) is 40.8 Å². The highest BCUT2D eigenvalue weighted by atomic mass is 32.1. The van der Waals surface area contributed by atoms with Crippen LogP contribution in [-0.4, -0.2) is 53.2 Å². The molecule has 1 atom stereocenters. The number of esters is 1. The van der Waals surface area contributed by atoms with Crippen LogP contribution in [0.15, 0.2) is 88.1 Å². The molecule has 0 saturated carbocycles. The molecule has 2 aromatic heterocycles. The Hall–Kier alpha value is -4.77. The van der Waals surface area contributed by atoms with Gasteiger partial charge in [0, 0.05) is 12.5 Å². The number of rotatable bonds is 9. The quantitative estimate of drug-likeness (QED) is 0.286. The number of benzene rings is 2. The van der Waals surface area contributed by atoms with Crippen LogP contribution in [0.3, 0.4) is 0 Å². The van der Waals surface area contributed by atoms with Gasteiger partial charge in [0.1, 0.15) is 0 Å². The number of methoxy groups -OCH3 is 2. The van der Waals surface area contributed by atoms with E-state index in [2.05, 4.69) is 10.2 Å². The molecule has 0 fully saturated rings. The van der Waals surface area contributed by atoms with E-state index < -0.39 is 24.5 Å². The molecule has 0 radical (unpaired) electrons. The van der Waals surface area contributed by atoms with Gasteiger partial charge in [-0.15, -0.1) is 11.3 Å². The Bertz CT molecular complexity index is 1600. The largest absolute Gasteiger partial charge is 0.493 e. The summed E-state index contributed by atoms with van der Waals surface area (Å²) in [6.07, 6.45) is 0.474. The summed E-state index contributed by atoms with van der Waals surface area (Å²) in [5.41, 5.74) is 1.96. The third kappa shape index (κ3) is 5.79. The molecule has 10 nitrogen and oxygen atoms in total. The van der Waals surface area contributed by atoms with E-state index in [0.29, 0.717) is 17.9 Å². The van der Waals surface area contributed by atoms with Gasteiger partial charge in [0.2, 0.25) is 0 Å². The molecule has 0 spiro atoms. The van der Waals surface area contributed by atoms with Crippen molar-refractivity contribution in [3.05, 3.63) is 110 Å². The second-order valence-electron chi connectivity index (χ2n) is 8.87. The van der Waals surface area contributed by atoms with Crippen molar-refractivity contribution in [1.29, 1.82) is 0 Å². The van der Waals surface area contributed by atoms with Gasteiger partial charge < -0.3 is 14.2 Å². The Kier molecular flexibility index (Phi) is 8.02. The third-order valence-electron chi connectivity index (χ3n) is 6.34. The van der Waals surface area contributed by atoms with E-state index in [9.17, 15) is 14.4 Å². The lowest BCUT2D eigenvalue weighted by molar-refractivity contribution is -0.136. The van der Waals surface area contributed by atoms with Crippen molar-refractivity contribution in [3.63, 3.8) is 0 Å². The maximum absolute atomic E-state index is 13.3. The maximum Gasteiger partial charge on any atom is 0.359 e. The van der Waals surface area contributed by atoms with Crippen LogP contribution >= 0.6 is 11.3 Å². The van der Waals surface area contributed by atoms with Gasteiger partial charge in [-0.1, -0.05) is 42.5 Å². The molecule has 2 aromatic carbocycles. The summed E-state index contributed by atoms with van der Waals surface area (Å²) in [6.45, 7) is -0.357. The Labute approximate surface area is 234 Å². The average Bonchev–Trinajstić information content (AvgIpc) is 3.68. The Balaban J connectivity index is 1.33. The van der Waals surface area contributed by atoms with E-state index in [4.69, 9.17) is 14.2 Å². The second kappa shape index (κ2) is 12.0. The minimum atomic E-state index is -0.820. The molecule has 1 amide bonds. The van der Waals surface area contributed by atoms with Gasteiger partial charge in [0.25, 0.3) is 11.5 Å². The van der Waals surface area contributed by atoms with Crippen LogP contribution in [0.5, 0.6) is 11.5 Å². The summed E-state index contributed by atoms with van der Waals surface area (Å²) in [4.78, 5) is 39.4. The van der Waals surface area contributed by atoms with Gasteiger partial charge in [-0.3, -0.25) is 9.59 Å². The fraction of sp³-hybridized carbons (Fsp3) is 0.207. The molecule has 3 heterocycles. The fourth-order valence-corrected chi connectivity index (χ4v) is 5.07. The summed E-state index contributed by atoms with van der Waals surface area (Å²) in [6, 6.07) is 20.7. The van der Waals surface area contributed by atoms with Crippen LogP contribution in [0, 0.1) is 0 Å². The number of hydrogen-bond donors (Lipinski definition) is 0. The minimum Gasteiger partial charge on any atom is -0.493 e. The molecule has 40 heavy (non-hydrogen) atoms. The van der Waals surface area contributed by atoms with Crippen LogP contribution < -0.4 is 15.0 Å². The normalized spacial score (nSPS) is 14.5. The topological polar surface area (TPSA) is 112 Å². The number of hydrogen-bond acceptors (Lipinski definition) is 9. The van der Waals surface area contributed by atoms with Gasteiger partial charge in [0.05, 0.1) is 37.4 Å². The predicted molar refractivity (Wildman–Crippen MR) is 149 cm³/mol. The van der Waals surface area contributed by atoms with Crippen molar-refractivity contribution in [3.8, 4) is 11.5 Å². The van der Waals surface area contributed by atoms with E-state index in [1.807, 2.05) is 60.0 Å². The minimum absolute atomic E-state index is 0.0797. The van der Waals surface area contributed by atoms with Crippen molar-refractivity contribution in [2.75, 3.05) is 20.8 Å². The Morgan fingerprint density at radius 3 is 2.50 bits per heavy atom. The number of ether oxygens (including phenoxy) is 3. The molecule has 204 valence electrons. The molecule has 0 N–H and O–H groups in total. The highest BCUT2D eigenvalue weighted by molar-refractivity contribution is 7.12. The molecule has 0 bridgehead atoms. The third-order valence-corrected chi connectivity index (χ3v) is 7.26. The molecule has 5 rings (SSSR count). The molecule has 0 aliphatic carbocycles. The number of nitrogens with zero attached hydrogens (tertiary/aromatic N) is 4. The van der Waals surface area contributed by atoms with Crippen LogP contribution in [-0.2, 0) is 16.1 Å². The number of amides is 1. The first-order chi connectivity index (χ1) is 19.5. The lowest BCUT2D eigenvalue weighted by Crippen LogP contribution is -2.32. The fourth-order valence-electron chi connectivity index (χ4n) is 4.35. The summed E-state index contributed by atoms with van der Waals surface area (Å²) in [7, 11) is 3.10. The van der Waals surface area contributed by atoms with Crippen molar-refractivity contribution in [2.45, 2.75) is 19.0 Å². The molecule has 1 aliphatic heterocycles. The summed E-state index contributed by atoms with van der Waals surface area (Å²) < 4.78 is 17.3. The lowest BCUT2D eigenvalue weighted by atomic mass is 10.0. The number of hydrazone groups is 1. The van der Waals surface area contributed by atoms with E-state index in [-0.39, 0.29) is 17.8 Å². The van der Waals surface area contributed by atoms with Crippen LogP contribution in [0.1, 0.15) is 39.0 Å². The highest BCUT2D eigenvalue weighted by Gasteiger charge is 2.34. The van der Waals surface area contributed by atoms with Gasteiger partial charge in [0.15, 0.2) is 23.8 Å². The van der Waals surface area contributed by atoms with Crippen molar-refractivity contribution < 1.29 is 23.8 Å². The molecular weight excluding hydrogens is 532 g/mol. The first-order valence-electron chi connectivity index (χ1n) is 12.4. The Morgan fingerprint density at radius 2 is 1.77 bits per heavy atom. The first-order valence-corrected chi connectivity index (χ1v) is 13.3. The predicted octanol–water partition coefficient (Wildman–Crippen LogP) is 3.91. The number of carbonyl (C=O) groups is 2. The molecule has 1 aliphatic rings. The molecule has 4 aromatic rings. The molecule has 0 saturated heterocycles. The van der Waals surface area contributed by atoms with Crippen molar-refractivity contribution in [1.82, 2.24) is 14.8 Å². The molecular formula is C29H26N4O6S. The zero-order chi connectivity index (χ0) is 28.1. The maximum atomic E-state index is 13.3. The van der Waals surface area contributed by atoms with Crippen molar-refractivity contribution >= 4 is 28.9 Å². The standard InChI is InChI=1S/C29H26N4O6S/c1-37-24-12-10-20(15-25(24)38-2)23-16-22(26-9-6-14-40-26)31-33(23)28(35)18-39-29(36)21-11-13-27(34)32(30-21)17-19-7-4-3-5-8-19/h3-15,23H,16-18H2,1-2H3. The van der Waals surface area contributed by atoms with E-state index in [0.717, 1.165) is 21.7 Å². The van der Waals surface area contributed by atoms with Gasteiger partial charge in [-0.2, -0.15) is 10.2 Å². The zero-order valence-electron chi connectivity index (χ0n) is 21.9. The number of carbonyl (C=O) groups excluding carboxylic acids is 2. The van der Waals surface area contributed by atoms with Crippen LogP contribution in [0.4, 0.5) is 0 Å². The molecule has 1 unspecified atom stereocenters. The van der Waals surface area contributed by atoms with Gasteiger partial charge >= 0.3 is 5.97 Å². The SMILES string of the molecule is COc1ccc(C2CC(c3cccs3)=NN2C(=O)COC(=O)c2ccc(=O)n(Cc3ccccc3)n2)cc1OC. The number of thiophene rings is 1. The van der Waals surface area contributed by atoms with Crippen molar-refractivity contribution in [2.24, 2.45) is 5.10 Å². The van der Waals surface area contributed by atoms with Crippen LogP contribution in [0.2, 0.25) is 0 Å². The Morgan fingerprint density at radius 1 is 0.975 bits per heavy atom. The van der Waals surface area contributed by atoms with E-state index in [1.54, 1.807) is 20.3 Å². The smallest absolute Gasteiger partial charge is 0.359 e. The lowest BCUT2D eigenvalue weighted by Gasteiger charge is -2.22. The average molecular weight is 559 g/mol. The highest BCUT2D eigenvalue weighted by Crippen LogP contribution is 2.37. The molecule has 11 heteroatoms. The number of aromatic nitrogens is 2. The monoisotopic (exact) mass is 558 g/mol.